The molecule has 340 valence electrons. The van der Waals surface area contributed by atoms with Gasteiger partial charge in [-0.25, -0.2) is 0 Å². The zero-order valence-corrected chi connectivity index (χ0v) is 43.3. The zero-order valence-electron chi connectivity index (χ0n) is 43.3. The quantitative estimate of drug-likeness (QED) is 0.164. The Hall–Kier alpha value is -5.22. The van der Waals surface area contributed by atoms with Crippen LogP contribution in [-0.2, 0) is 32.5 Å². The third-order valence-corrected chi connectivity index (χ3v) is 16.5. The maximum absolute atomic E-state index is 2.77. The molecule has 0 amide bonds. The van der Waals surface area contributed by atoms with E-state index in [0.29, 0.717) is 0 Å². The number of benzene rings is 6. The normalized spacial score (nSPS) is 20.1. The molecule has 0 saturated heterocycles. The van der Waals surface area contributed by atoms with E-state index in [1.807, 2.05) is 0 Å². The summed E-state index contributed by atoms with van der Waals surface area (Å²) in [6, 6.07) is 46.3. The van der Waals surface area contributed by atoms with E-state index in [4.69, 9.17) is 0 Å². The average molecular weight is 872 g/mol. The Balaban J connectivity index is 1.33. The fourth-order valence-corrected chi connectivity index (χ4v) is 11.8. The molecule has 6 aromatic carbocycles. The molecule has 1 fully saturated rings. The van der Waals surface area contributed by atoms with Crippen molar-refractivity contribution >= 4 is 68.6 Å². The second-order valence-corrected chi connectivity index (χ2v) is 26.1. The second-order valence-electron chi connectivity index (χ2n) is 26.1. The Morgan fingerprint density at radius 3 is 1.11 bits per heavy atom. The van der Waals surface area contributed by atoms with Crippen molar-refractivity contribution in [3.8, 4) is 0 Å². The highest BCUT2D eigenvalue weighted by Gasteiger charge is 2.63. The number of fused-ring (bicyclic) bond motifs is 7. The summed E-state index contributed by atoms with van der Waals surface area (Å²) in [7, 11) is 0. The Labute approximate surface area is 398 Å². The van der Waals surface area contributed by atoms with E-state index in [2.05, 4.69) is 248 Å². The largest absolute Gasteiger partial charge is 0.334 e. The van der Waals surface area contributed by atoms with Gasteiger partial charge in [-0.2, -0.15) is 0 Å². The standard InChI is InChI=1S/C62H74BN3/c1-56(2,3)39-18-25-44(26-19-39)64-51-30-23-42(59(10,11)12)35-48(51)63-49-36-43(60(13,14)15)24-31-52(49)65(45-27-20-40(21-28-45)57(4,5)6)54-38-46(37-53(64)55(54)63)66-50-29-22-41(58(7,8)9)34-47(50)61(16)32-33-62(61,66)17/h18-31,34-38H,32-33H2,1-17H3. The van der Waals surface area contributed by atoms with Gasteiger partial charge >= 0.3 is 0 Å². The Bertz CT molecular complexity index is 2770. The molecule has 6 aromatic rings. The predicted molar refractivity (Wildman–Crippen MR) is 288 cm³/mol. The molecule has 2 unspecified atom stereocenters. The summed E-state index contributed by atoms with van der Waals surface area (Å²) in [5.74, 6) is 0. The smallest absolute Gasteiger partial charge is 0.252 e. The first-order chi connectivity index (χ1) is 30.6. The lowest BCUT2D eigenvalue weighted by atomic mass is 9.33. The van der Waals surface area contributed by atoms with Gasteiger partial charge in [-0.05, 0) is 151 Å². The lowest BCUT2D eigenvalue weighted by Crippen LogP contribution is -2.62. The van der Waals surface area contributed by atoms with E-state index >= 15 is 0 Å². The Kier molecular flexibility index (Phi) is 9.57. The molecule has 3 heterocycles. The molecule has 0 N–H and O–H groups in total. The zero-order chi connectivity index (χ0) is 47.5. The monoisotopic (exact) mass is 872 g/mol. The first kappa shape index (κ1) is 44.6. The molecular formula is C62H74BN3. The van der Waals surface area contributed by atoms with E-state index in [-0.39, 0.29) is 44.7 Å². The first-order valence-electron chi connectivity index (χ1n) is 24.8. The number of nitrogens with zero attached hydrogens (tertiary/aromatic N) is 3. The molecule has 0 bridgehead atoms. The van der Waals surface area contributed by atoms with Crippen LogP contribution < -0.4 is 31.1 Å². The number of hydrogen-bond donors (Lipinski definition) is 0. The molecule has 4 heteroatoms. The molecule has 0 aromatic heterocycles. The van der Waals surface area contributed by atoms with Gasteiger partial charge in [-0.3, -0.25) is 0 Å². The van der Waals surface area contributed by atoms with Crippen molar-refractivity contribution in [1.82, 2.24) is 0 Å². The summed E-state index contributed by atoms with van der Waals surface area (Å²) in [6.07, 6.45) is 2.33. The van der Waals surface area contributed by atoms with Crippen LogP contribution in [0.25, 0.3) is 0 Å². The van der Waals surface area contributed by atoms with Crippen molar-refractivity contribution in [2.24, 2.45) is 0 Å². The van der Waals surface area contributed by atoms with E-state index in [0.717, 1.165) is 6.42 Å². The van der Waals surface area contributed by atoms with Crippen LogP contribution in [0.1, 0.15) is 164 Å². The van der Waals surface area contributed by atoms with Crippen LogP contribution in [0.5, 0.6) is 0 Å². The summed E-state index contributed by atoms with van der Waals surface area (Å²) >= 11 is 0. The van der Waals surface area contributed by atoms with Crippen LogP contribution >= 0.6 is 0 Å². The minimum atomic E-state index is -0.0764. The molecule has 0 radical (unpaired) electrons. The molecular weight excluding hydrogens is 798 g/mol. The van der Waals surface area contributed by atoms with Crippen LogP contribution in [-0.4, -0.2) is 12.3 Å². The molecule has 1 saturated carbocycles. The average Bonchev–Trinajstić information content (AvgIpc) is 3.36. The molecule has 1 aliphatic carbocycles. The van der Waals surface area contributed by atoms with E-state index < -0.39 is 0 Å². The van der Waals surface area contributed by atoms with Gasteiger partial charge < -0.3 is 14.7 Å². The summed E-state index contributed by atoms with van der Waals surface area (Å²) in [5, 5.41) is 0. The van der Waals surface area contributed by atoms with Crippen LogP contribution in [0.2, 0.25) is 0 Å². The van der Waals surface area contributed by atoms with Gasteiger partial charge in [-0.1, -0.05) is 171 Å². The van der Waals surface area contributed by atoms with Gasteiger partial charge in [-0.15, -0.1) is 0 Å². The molecule has 4 aliphatic rings. The lowest BCUT2D eigenvalue weighted by molar-refractivity contribution is 0.133. The van der Waals surface area contributed by atoms with Crippen molar-refractivity contribution in [3.05, 3.63) is 149 Å². The highest BCUT2D eigenvalue weighted by Crippen LogP contribution is 2.66. The molecule has 0 spiro atoms. The predicted octanol–water partition coefficient (Wildman–Crippen LogP) is 15.2. The summed E-state index contributed by atoms with van der Waals surface area (Å²) in [6.45, 7) is 40.2. The summed E-state index contributed by atoms with van der Waals surface area (Å²) < 4.78 is 0. The van der Waals surface area contributed by atoms with E-state index in [1.54, 1.807) is 0 Å². The van der Waals surface area contributed by atoms with Gasteiger partial charge in [0.1, 0.15) is 0 Å². The third-order valence-electron chi connectivity index (χ3n) is 16.5. The lowest BCUT2D eigenvalue weighted by Gasteiger charge is -2.56. The SMILES string of the molecule is CC(C)(C)c1ccc(N2c3ccc(C(C)(C)C)cc3B3c4cc(C(C)(C)C)ccc4N(c4ccc(C(C)(C)C)cc4)c4cc(N5c6ccc(C(C)(C)C)cc6C6(C)CCC56C)cc2c43)cc1. The fourth-order valence-electron chi connectivity index (χ4n) is 11.8. The maximum Gasteiger partial charge on any atom is 0.252 e. The van der Waals surface area contributed by atoms with Crippen LogP contribution in [0.4, 0.5) is 45.5 Å². The second kappa shape index (κ2) is 14.2. The van der Waals surface area contributed by atoms with Crippen LogP contribution in [0.15, 0.2) is 115 Å². The third kappa shape index (κ3) is 6.65. The van der Waals surface area contributed by atoms with Crippen molar-refractivity contribution in [2.45, 2.75) is 169 Å². The summed E-state index contributed by atoms with van der Waals surface area (Å²) in [5.41, 5.74) is 22.6. The van der Waals surface area contributed by atoms with E-state index in [9.17, 15) is 0 Å². The Morgan fingerprint density at radius 2 is 0.742 bits per heavy atom. The van der Waals surface area contributed by atoms with E-state index in [1.165, 1.54) is 102 Å². The molecule has 10 rings (SSSR count). The van der Waals surface area contributed by atoms with Gasteiger partial charge in [0.05, 0.1) is 5.54 Å². The van der Waals surface area contributed by atoms with Gasteiger partial charge in [0.25, 0.3) is 6.71 Å². The number of hydrogen-bond acceptors (Lipinski definition) is 3. The molecule has 3 aliphatic heterocycles. The minimum Gasteiger partial charge on any atom is -0.334 e. The van der Waals surface area contributed by atoms with Crippen molar-refractivity contribution in [3.63, 3.8) is 0 Å². The number of anilines is 8. The van der Waals surface area contributed by atoms with Crippen molar-refractivity contribution in [1.29, 1.82) is 0 Å². The molecule has 66 heavy (non-hydrogen) atoms. The maximum atomic E-state index is 2.77. The van der Waals surface area contributed by atoms with Crippen LogP contribution in [0, 0.1) is 0 Å². The Morgan fingerprint density at radius 1 is 0.379 bits per heavy atom. The van der Waals surface area contributed by atoms with Crippen LogP contribution in [0.3, 0.4) is 0 Å². The molecule has 3 nitrogen and oxygen atoms in total. The topological polar surface area (TPSA) is 9.72 Å². The van der Waals surface area contributed by atoms with Crippen molar-refractivity contribution < 1.29 is 0 Å². The van der Waals surface area contributed by atoms with Gasteiger partial charge in [0, 0.05) is 50.9 Å². The van der Waals surface area contributed by atoms with Crippen molar-refractivity contribution in [2.75, 3.05) is 14.7 Å². The highest BCUT2D eigenvalue weighted by atomic mass is 15.3. The molecule has 2 atom stereocenters. The number of rotatable bonds is 3. The first-order valence-corrected chi connectivity index (χ1v) is 24.8. The van der Waals surface area contributed by atoms with Gasteiger partial charge in [0.15, 0.2) is 0 Å². The highest BCUT2D eigenvalue weighted by molar-refractivity contribution is 7.00. The minimum absolute atomic E-state index is 0.0202. The summed E-state index contributed by atoms with van der Waals surface area (Å²) in [4.78, 5) is 8.01. The van der Waals surface area contributed by atoms with Gasteiger partial charge in [0.2, 0.25) is 0 Å². The fraction of sp³-hybridized carbons (Fsp3) is 0.419.